The molecule has 2 nitrogen and oxygen atoms in total. The molecular formula is C14H24O2. The Labute approximate surface area is 98.7 Å². The summed E-state index contributed by atoms with van der Waals surface area (Å²) in [4.78, 5) is 10.7. The first kappa shape index (κ1) is 13.3. The van der Waals surface area contributed by atoms with Crippen molar-refractivity contribution in [3.63, 3.8) is 0 Å². The highest BCUT2D eigenvalue weighted by atomic mass is 16.4. The molecule has 1 aliphatic carbocycles. The molecule has 0 aromatic carbocycles. The number of aliphatic carboxylic acids is 1. The van der Waals surface area contributed by atoms with E-state index in [0.717, 1.165) is 18.8 Å². The SMILES string of the molecule is C/C(=C/C1CCC(C(C)(C)C)CC1)C(=O)O. The first-order valence-corrected chi connectivity index (χ1v) is 6.22. The molecule has 0 aromatic rings. The summed E-state index contributed by atoms with van der Waals surface area (Å²) in [6.45, 7) is 8.60. The summed E-state index contributed by atoms with van der Waals surface area (Å²) in [5.74, 6) is 0.495. The molecule has 0 amide bonds. The molecule has 1 aliphatic rings. The van der Waals surface area contributed by atoms with Crippen molar-refractivity contribution in [2.75, 3.05) is 0 Å². The molecule has 1 rings (SSSR count). The van der Waals surface area contributed by atoms with Crippen LogP contribution in [0.25, 0.3) is 0 Å². The van der Waals surface area contributed by atoms with Gasteiger partial charge < -0.3 is 5.11 Å². The van der Waals surface area contributed by atoms with Crippen LogP contribution < -0.4 is 0 Å². The molecule has 0 aliphatic heterocycles. The van der Waals surface area contributed by atoms with E-state index < -0.39 is 5.97 Å². The summed E-state index contributed by atoms with van der Waals surface area (Å²) in [6.07, 6.45) is 6.70. The molecule has 0 aromatic heterocycles. The third kappa shape index (κ3) is 3.66. The second-order valence-corrected chi connectivity index (χ2v) is 6.13. The van der Waals surface area contributed by atoms with Crippen LogP contribution in [0.5, 0.6) is 0 Å². The van der Waals surface area contributed by atoms with Gasteiger partial charge in [-0.25, -0.2) is 4.79 Å². The Kier molecular flexibility index (Phi) is 4.17. The van der Waals surface area contributed by atoms with E-state index in [1.165, 1.54) is 12.8 Å². The molecular weight excluding hydrogens is 200 g/mol. The number of carboxylic acids is 1. The minimum Gasteiger partial charge on any atom is -0.478 e. The van der Waals surface area contributed by atoms with E-state index in [4.69, 9.17) is 5.11 Å². The zero-order valence-corrected chi connectivity index (χ0v) is 10.9. The first-order chi connectivity index (χ1) is 7.30. The smallest absolute Gasteiger partial charge is 0.330 e. The number of allylic oxidation sites excluding steroid dienone is 1. The summed E-state index contributed by atoms with van der Waals surface area (Å²) in [6, 6.07) is 0. The predicted octanol–water partition coefficient (Wildman–Crippen LogP) is 3.87. The van der Waals surface area contributed by atoms with Gasteiger partial charge in [0.15, 0.2) is 0 Å². The molecule has 0 spiro atoms. The molecule has 0 unspecified atom stereocenters. The van der Waals surface area contributed by atoms with E-state index in [0.29, 0.717) is 16.9 Å². The van der Waals surface area contributed by atoms with Crippen LogP contribution in [-0.2, 0) is 4.79 Å². The van der Waals surface area contributed by atoms with Gasteiger partial charge in [-0.2, -0.15) is 0 Å². The number of carbonyl (C=O) groups is 1. The molecule has 0 bridgehead atoms. The minimum atomic E-state index is -0.780. The highest BCUT2D eigenvalue weighted by Gasteiger charge is 2.29. The molecule has 16 heavy (non-hydrogen) atoms. The van der Waals surface area contributed by atoms with Crippen LogP contribution in [-0.4, -0.2) is 11.1 Å². The van der Waals surface area contributed by atoms with Crippen molar-refractivity contribution in [2.24, 2.45) is 17.3 Å². The van der Waals surface area contributed by atoms with E-state index in [-0.39, 0.29) is 0 Å². The van der Waals surface area contributed by atoms with Crippen molar-refractivity contribution in [2.45, 2.75) is 53.4 Å². The van der Waals surface area contributed by atoms with Gasteiger partial charge in [0.2, 0.25) is 0 Å². The maximum atomic E-state index is 10.7. The summed E-state index contributed by atoms with van der Waals surface area (Å²) < 4.78 is 0. The lowest BCUT2D eigenvalue weighted by Gasteiger charge is -2.36. The molecule has 92 valence electrons. The Bertz CT molecular complexity index is 276. The van der Waals surface area contributed by atoms with Gasteiger partial charge in [-0.15, -0.1) is 0 Å². The van der Waals surface area contributed by atoms with Crippen LogP contribution in [0.1, 0.15) is 53.4 Å². The van der Waals surface area contributed by atoms with Crippen molar-refractivity contribution >= 4 is 5.97 Å². The Morgan fingerprint density at radius 3 is 2.06 bits per heavy atom. The Hall–Kier alpha value is -0.790. The lowest BCUT2D eigenvalue weighted by molar-refractivity contribution is -0.132. The standard InChI is InChI=1S/C14H24O2/c1-10(13(15)16)9-11-5-7-12(8-6-11)14(2,3)4/h9,11-12H,5-8H2,1-4H3,(H,15,16)/b10-9-. The van der Waals surface area contributed by atoms with Gasteiger partial charge in [0.1, 0.15) is 0 Å². The lowest BCUT2D eigenvalue weighted by Crippen LogP contribution is -2.25. The molecule has 0 heterocycles. The maximum Gasteiger partial charge on any atom is 0.330 e. The van der Waals surface area contributed by atoms with E-state index in [2.05, 4.69) is 20.8 Å². The minimum absolute atomic E-state index is 0.399. The fraction of sp³-hybridized carbons (Fsp3) is 0.786. The zero-order chi connectivity index (χ0) is 12.3. The Morgan fingerprint density at radius 2 is 1.69 bits per heavy atom. The third-order valence-corrected chi connectivity index (χ3v) is 3.82. The molecule has 1 N–H and O–H groups in total. The zero-order valence-electron chi connectivity index (χ0n) is 10.9. The monoisotopic (exact) mass is 224 g/mol. The normalized spacial score (nSPS) is 27.9. The molecule has 0 saturated heterocycles. The van der Waals surface area contributed by atoms with E-state index in [9.17, 15) is 4.79 Å². The van der Waals surface area contributed by atoms with Crippen molar-refractivity contribution in [3.8, 4) is 0 Å². The van der Waals surface area contributed by atoms with Gasteiger partial charge in [0.05, 0.1) is 0 Å². The van der Waals surface area contributed by atoms with Gasteiger partial charge in [-0.05, 0) is 49.9 Å². The van der Waals surface area contributed by atoms with Crippen molar-refractivity contribution in [3.05, 3.63) is 11.6 Å². The van der Waals surface area contributed by atoms with Crippen LogP contribution in [0.2, 0.25) is 0 Å². The summed E-state index contributed by atoms with van der Waals surface area (Å²) in [5.41, 5.74) is 0.899. The summed E-state index contributed by atoms with van der Waals surface area (Å²) in [7, 11) is 0. The number of hydrogen-bond donors (Lipinski definition) is 1. The number of carboxylic acid groups (broad SMARTS) is 1. The predicted molar refractivity (Wildman–Crippen MR) is 66.3 cm³/mol. The topological polar surface area (TPSA) is 37.3 Å². The van der Waals surface area contributed by atoms with Crippen LogP contribution in [0.15, 0.2) is 11.6 Å². The van der Waals surface area contributed by atoms with E-state index in [1.54, 1.807) is 6.92 Å². The highest BCUT2D eigenvalue weighted by Crippen LogP contribution is 2.40. The average molecular weight is 224 g/mol. The van der Waals surface area contributed by atoms with Gasteiger partial charge in [-0.1, -0.05) is 26.8 Å². The second kappa shape index (κ2) is 5.03. The maximum absolute atomic E-state index is 10.7. The number of rotatable bonds is 2. The van der Waals surface area contributed by atoms with E-state index in [1.807, 2.05) is 6.08 Å². The van der Waals surface area contributed by atoms with Crippen LogP contribution in [0.3, 0.4) is 0 Å². The van der Waals surface area contributed by atoms with Gasteiger partial charge in [0, 0.05) is 5.57 Å². The van der Waals surface area contributed by atoms with Gasteiger partial charge in [-0.3, -0.25) is 0 Å². The van der Waals surface area contributed by atoms with Crippen LogP contribution >= 0.6 is 0 Å². The van der Waals surface area contributed by atoms with Crippen molar-refractivity contribution in [1.82, 2.24) is 0 Å². The third-order valence-electron chi connectivity index (χ3n) is 3.82. The average Bonchev–Trinajstić information content (AvgIpc) is 2.17. The fourth-order valence-corrected chi connectivity index (χ4v) is 2.58. The lowest BCUT2D eigenvalue weighted by atomic mass is 9.69. The molecule has 1 fully saturated rings. The molecule has 2 heteroatoms. The number of hydrogen-bond acceptors (Lipinski definition) is 1. The van der Waals surface area contributed by atoms with Crippen molar-refractivity contribution in [1.29, 1.82) is 0 Å². The summed E-state index contributed by atoms with van der Waals surface area (Å²) in [5, 5.41) is 8.83. The summed E-state index contributed by atoms with van der Waals surface area (Å²) >= 11 is 0. The van der Waals surface area contributed by atoms with Crippen LogP contribution in [0, 0.1) is 17.3 Å². The van der Waals surface area contributed by atoms with E-state index >= 15 is 0 Å². The molecule has 0 atom stereocenters. The second-order valence-electron chi connectivity index (χ2n) is 6.13. The molecule has 0 radical (unpaired) electrons. The Balaban J connectivity index is 2.50. The van der Waals surface area contributed by atoms with Crippen molar-refractivity contribution < 1.29 is 9.90 Å². The first-order valence-electron chi connectivity index (χ1n) is 6.22. The highest BCUT2D eigenvalue weighted by molar-refractivity contribution is 5.85. The molecule has 1 saturated carbocycles. The Morgan fingerprint density at radius 1 is 1.19 bits per heavy atom. The quantitative estimate of drug-likeness (QED) is 0.723. The fourth-order valence-electron chi connectivity index (χ4n) is 2.58. The largest absolute Gasteiger partial charge is 0.478 e. The van der Waals surface area contributed by atoms with Crippen LogP contribution in [0.4, 0.5) is 0 Å². The van der Waals surface area contributed by atoms with Gasteiger partial charge >= 0.3 is 5.97 Å². The van der Waals surface area contributed by atoms with Gasteiger partial charge in [0.25, 0.3) is 0 Å².